The quantitative estimate of drug-likeness (QED) is 0.853. The topological polar surface area (TPSA) is 78.1 Å². The maximum Gasteiger partial charge on any atom is 0.358 e. The average molecular weight is 278 g/mol. The Balaban J connectivity index is 2.56. The molecule has 0 aliphatic heterocycles. The Morgan fingerprint density at radius 1 is 1.26 bits per heavy atom. The van der Waals surface area contributed by atoms with Gasteiger partial charge in [0, 0.05) is 5.56 Å². The van der Waals surface area contributed by atoms with E-state index in [1.165, 1.54) is 7.11 Å². The Hall–Kier alpha value is -2.14. The summed E-state index contributed by atoms with van der Waals surface area (Å²) in [6, 6.07) is 7.53. The first-order valence-corrected chi connectivity index (χ1v) is 5.89. The summed E-state index contributed by atoms with van der Waals surface area (Å²) in [5, 5.41) is 0.00251. The highest BCUT2D eigenvalue weighted by molar-refractivity contribution is 6.35. The van der Waals surface area contributed by atoms with Gasteiger partial charge >= 0.3 is 5.97 Å². The van der Waals surface area contributed by atoms with Gasteiger partial charge in [0.15, 0.2) is 11.5 Å². The molecule has 0 amide bonds. The summed E-state index contributed by atoms with van der Waals surface area (Å²) in [5.41, 5.74) is 7.51. The molecule has 98 valence electrons. The van der Waals surface area contributed by atoms with Gasteiger partial charge in [-0.1, -0.05) is 41.4 Å². The molecule has 0 unspecified atom stereocenters. The van der Waals surface area contributed by atoms with Crippen molar-refractivity contribution < 1.29 is 9.53 Å². The van der Waals surface area contributed by atoms with Gasteiger partial charge < -0.3 is 10.5 Å². The van der Waals surface area contributed by atoms with Crippen molar-refractivity contribution in [1.82, 2.24) is 9.97 Å². The van der Waals surface area contributed by atoms with E-state index in [0.717, 1.165) is 11.1 Å². The van der Waals surface area contributed by atoms with Crippen molar-refractivity contribution >= 4 is 23.4 Å². The number of benzene rings is 1. The number of ether oxygens (including phenoxy) is 1. The van der Waals surface area contributed by atoms with Crippen LogP contribution in [0.4, 0.5) is 5.82 Å². The SMILES string of the molecule is COC(=O)c1nc(-c2ccc(C)cc2)nc(N)c1Cl. The van der Waals surface area contributed by atoms with E-state index in [9.17, 15) is 4.79 Å². The summed E-state index contributed by atoms with van der Waals surface area (Å²) < 4.78 is 4.61. The fraction of sp³-hybridized carbons (Fsp3) is 0.154. The van der Waals surface area contributed by atoms with Gasteiger partial charge in [0.05, 0.1) is 7.11 Å². The smallest absolute Gasteiger partial charge is 0.358 e. The van der Waals surface area contributed by atoms with Crippen LogP contribution >= 0.6 is 11.6 Å². The highest BCUT2D eigenvalue weighted by Gasteiger charge is 2.18. The van der Waals surface area contributed by atoms with Gasteiger partial charge in [-0.05, 0) is 6.92 Å². The number of nitrogens with zero attached hydrogens (tertiary/aromatic N) is 2. The maximum atomic E-state index is 11.6. The molecule has 1 aromatic heterocycles. The summed E-state index contributed by atoms with van der Waals surface area (Å²) in [7, 11) is 1.25. The number of nitrogen functional groups attached to an aromatic ring is 1. The number of hydrogen-bond donors (Lipinski definition) is 1. The lowest BCUT2D eigenvalue weighted by Gasteiger charge is -2.07. The average Bonchev–Trinajstić information content (AvgIpc) is 2.41. The zero-order valence-corrected chi connectivity index (χ0v) is 11.2. The number of aryl methyl sites for hydroxylation is 1. The molecule has 6 heteroatoms. The standard InChI is InChI=1S/C13H12ClN3O2/c1-7-3-5-8(6-4-7)12-16-10(13(18)19-2)9(14)11(15)17-12/h3-6H,1-2H3,(H2,15,16,17). The Kier molecular flexibility index (Phi) is 3.66. The van der Waals surface area contributed by atoms with Crippen molar-refractivity contribution in [2.45, 2.75) is 6.92 Å². The van der Waals surface area contributed by atoms with Crippen molar-refractivity contribution in [3.05, 3.63) is 40.5 Å². The first kappa shape index (κ1) is 13.3. The first-order chi connectivity index (χ1) is 9.02. The lowest BCUT2D eigenvalue weighted by molar-refractivity contribution is 0.0594. The normalized spacial score (nSPS) is 10.3. The molecule has 0 aliphatic rings. The number of halogens is 1. The van der Waals surface area contributed by atoms with Crippen LogP contribution in [0.1, 0.15) is 16.1 Å². The molecule has 0 atom stereocenters. The van der Waals surface area contributed by atoms with E-state index in [-0.39, 0.29) is 16.5 Å². The Morgan fingerprint density at radius 2 is 1.89 bits per heavy atom. The summed E-state index contributed by atoms with van der Waals surface area (Å²) >= 11 is 5.90. The first-order valence-electron chi connectivity index (χ1n) is 5.51. The number of nitrogens with two attached hydrogens (primary N) is 1. The number of esters is 1. The minimum atomic E-state index is -0.646. The Morgan fingerprint density at radius 3 is 2.47 bits per heavy atom. The molecule has 0 saturated carbocycles. The van der Waals surface area contributed by atoms with E-state index >= 15 is 0 Å². The molecule has 1 heterocycles. The van der Waals surface area contributed by atoms with Gasteiger partial charge in [-0.25, -0.2) is 14.8 Å². The van der Waals surface area contributed by atoms with Crippen molar-refractivity contribution in [2.24, 2.45) is 0 Å². The van der Waals surface area contributed by atoms with Gasteiger partial charge in [0.2, 0.25) is 0 Å². The van der Waals surface area contributed by atoms with Gasteiger partial charge in [0.25, 0.3) is 0 Å². The van der Waals surface area contributed by atoms with Crippen LogP contribution in [0, 0.1) is 6.92 Å². The third-order valence-electron chi connectivity index (χ3n) is 2.57. The van der Waals surface area contributed by atoms with E-state index in [1.54, 1.807) is 0 Å². The van der Waals surface area contributed by atoms with Crippen molar-refractivity contribution in [3.8, 4) is 11.4 Å². The molecular weight excluding hydrogens is 266 g/mol. The third kappa shape index (κ3) is 2.66. The highest BCUT2D eigenvalue weighted by atomic mass is 35.5. The third-order valence-corrected chi connectivity index (χ3v) is 2.94. The molecule has 0 saturated heterocycles. The van der Waals surface area contributed by atoms with E-state index in [0.29, 0.717) is 5.82 Å². The zero-order valence-electron chi connectivity index (χ0n) is 10.5. The van der Waals surface area contributed by atoms with E-state index in [4.69, 9.17) is 17.3 Å². The molecule has 0 bridgehead atoms. The molecule has 19 heavy (non-hydrogen) atoms. The van der Waals surface area contributed by atoms with Crippen LogP contribution in [0.5, 0.6) is 0 Å². The summed E-state index contributed by atoms with van der Waals surface area (Å²) in [4.78, 5) is 19.8. The summed E-state index contributed by atoms with van der Waals surface area (Å²) in [6.45, 7) is 1.97. The number of carbonyl (C=O) groups is 1. The Bertz CT molecular complexity index is 627. The van der Waals surface area contributed by atoms with Gasteiger partial charge in [0.1, 0.15) is 10.8 Å². The van der Waals surface area contributed by atoms with Crippen LogP contribution in [-0.2, 0) is 4.74 Å². The fourth-order valence-electron chi connectivity index (χ4n) is 1.53. The minimum absolute atomic E-state index is 0.00251. The fourth-order valence-corrected chi connectivity index (χ4v) is 1.69. The lowest BCUT2D eigenvalue weighted by Crippen LogP contribution is -2.09. The van der Waals surface area contributed by atoms with Crippen molar-refractivity contribution in [3.63, 3.8) is 0 Å². The molecule has 1 aromatic carbocycles. The second-order valence-corrected chi connectivity index (χ2v) is 4.33. The molecule has 0 spiro atoms. The van der Waals surface area contributed by atoms with E-state index in [2.05, 4.69) is 14.7 Å². The number of hydrogen-bond acceptors (Lipinski definition) is 5. The van der Waals surface area contributed by atoms with Crippen LogP contribution in [0.2, 0.25) is 5.02 Å². The number of rotatable bonds is 2. The summed E-state index contributed by atoms with van der Waals surface area (Å²) in [5.74, 6) is -0.262. The molecule has 0 aliphatic carbocycles. The number of carbonyl (C=O) groups excluding carboxylic acids is 1. The second kappa shape index (κ2) is 5.24. The number of anilines is 1. The van der Waals surface area contributed by atoms with E-state index in [1.807, 2.05) is 31.2 Å². The number of aromatic nitrogens is 2. The van der Waals surface area contributed by atoms with Crippen LogP contribution in [0.15, 0.2) is 24.3 Å². The predicted molar refractivity (Wildman–Crippen MR) is 73.0 cm³/mol. The van der Waals surface area contributed by atoms with Crippen LogP contribution in [0.3, 0.4) is 0 Å². The molecule has 0 radical (unpaired) electrons. The molecule has 2 N–H and O–H groups in total. The van der Waals surface area contributed by atoms with Crippen molar-refractivity contribution in [2.75, 3.05) is 12.8 Å². The van der Waals surface area contributed by atoms with Gasteiger partial charge in [-0.3, -0.25) is 0 Å². The van der Waals surface area contributed by atoms with E-state index < -0.39 is 5.97 Å². The molecular formula is C13H12ClN3O2. The molecule has 5 nitrogen and oxygen atoms in total. The highest BCUT2D eigenvalue weighted by Crippen LogP contribution is 2.25. The molecule has 0 fully saturated rings. The zero-order chi connectivity index (χ0) is 14.0. The molecule has 2 aromatic rings. The monoisotopic (exact) mass is 277 g/mol. The van der Waals surface area contributed by atoms with Gasteiger partial charge in [-0.15, -0.1) is 0 Å². The van der Waals surface area contributed by atoms with Crippen LogP contribution < -0.4 is 5.73 Å². The largest absolute Gasteiger partial charge is 0.464 e. The second-order valence-electron chi connectivity index (χ2n) is 3.95. The lowest BCUT2D eigenvalue weighted by atomic mass is 10.1. The number of methoxy groups -OCH3 is 1. The predicted octanol–water partition coefficient (Wildman–Crippen LogP) is 2.47. The minimum Gasteiger partial charge on any atom is -0.464 e. The van der Waals surface area contributed by atoms with Crippen LogP contribution in [-0.4, -0.2) is 23.0 Å². The van der Waals surface area contributed by atoms with Crippen LogP contribution in [0.25, 0.3) is 11.4 Å². The maximum absolute atomic E-state index is 11.6. The summed E-state index contributed by atoms with van der Waals surface area (Å²) in [6.07, 6.45) is 0. The Labute approximate surface area is 115 Å². The van der Waals surface area contributed by atoms with Gasteiger partial charge in [-0.2, -0.15) is 0 Å². The van der Waals surface area contributed by atoms with Crippen molar-refractivity contribution in [1.29, 1.82) is 0 Å². The molecule has 2 rings (SSSR count).